The molecule has 0 aliphatic carbocycles. The van der Waals surface area contributed by atoms with Gasteiger partial charge in [-0.2, -0.15) is 5.10 Å². The Morgan fingerprint density at radius 3 is 2.15 bits per heavy atom. The first-order valence-corrected chi connectivity index (χ1v) is 10.7. The van der Waals surface area contributed by atoms with E-state index in [4.69, 9.17) is 9.84 Å². The van der Waals surface area contributed by atoms with Crippen LogP contribution in [0.2, 0.25) is 0 Å². The average molecular weight is 514 g/mol. The van der Waals surface area contributed by atoms with Crippen molar-refractivity contribution in [3.8, 4) is 0 Å². The zero-order valence-corrected chi connectivity index (χ0v) is 22.0. The lowest BCUT2D eigenvalue weighted by molar-refractivity contribution is -0.0989. The van der Waals surface area contributed by atoms with Crippen molar-refractivity contribution in [2.24, 2.45) is 0 Å². The molecule has 182 valence electrons. The van der Waals surface area contributed by atoms with E-state index in [0.717, 1.165) is 30.8 Å². The number of benzene rings is 2. The molecule has 2 heterocycles. The van der Waals surface area contributed by atoms with Gasteiger partial charge in [0.1, 0.15) is 0 Å². The fourth-order valence-electron chi connectivity index (χ4n) is 4.59. The maximum atomic E-state index is 6.21. The quantitative estimate of drug-likeness (QED) is 0.472. The summed E-state index contributed by atoms with van der Waals surface area (Å²) in [6.45, 7) is 7.99. The molecule has 1 aromatic heterocycles. The molecule has 2 N–H and O–H groups in total. The van der Waals surface area contributed by atoms with Crippen molar-refractivity contribution in [2.45, 2.75) is 51.5 Å². The van der Waals surface area contributed by atoms with Crippen LogP contribution in [0.15, 0.2) is 60.7 Å². The van der Waals surface area contributed by atoms with Crippen LogP contribution in [0.5, 0.6) is 0 Å². The smallest absolute Gasteiger partial charge is 0.160 e. The van der Waals surface area contributed by atoms with E-state index in [1.54, 1.807) is 7.11 Å². The van der Waals surface area contributed by atoms with Crippen LogP contribution in [-0.4, -0.2) is 29.5 Å². The highest BCUT2D eigenvalue weighted by molar-refractivity contribution is 5.86. The van der Waals surface area contributed by atoms with Crippen LogP contribution in [0, 0.1) is 20.8 Å². The highest BCUT2D eigenvalue weighted by atomic mass is 35.5. The number of nitrogens with one attached hydrogen (secondary N) is 2. The molecule has 1 fully saturated rings. The molecule has 0 radical (unpaired) electrons. The molecule has 8 heteroatoms. The van der Waals surface area contributed by atoms with Gasteiger partial charge in [-0.3, -0.25) is 10.00 Å². The van der Waals surface area contributed by atoms with Crippen LogP contribution in [-0.2, 0) is 17.0 Å². The number of hydrogen-bond acceptors (Lipinski definition) is 4. The summed E-state index contributed by atoms with van der Waals surface area (Å²) in [5.41, 5.74) is 5.44. The second-order valence-electron chi connectivity index (χ2n) is 8.24. The predicted octanol–water partition coefficient (Wildman–Crippen LogP) is 5.27. The molecule has 0 bridgehead atoms. The minimum Gasteiger partial charge on any atom is -0.358 e. The molecule has 33 heavy (non-hydrogen) atoms. The minimum absolute atomic E-state index is 0. The molecule has 5 nitrogen and oxygen atoms in total. The van der Waals surface area contributed by atoms with E-state index >= 15 is 0 Å². The number of ether oxygens (including phenoxy) is 1. The van der Waals surface area contributed by atoms with Crippen LogP contribution in [0.4, 0.5) is 0 Å². The van der Waals surface area contributed by atoms with Crippen molar-refractivity contribution in [1.82, 2.24) is 20.4 Å². The number of aromatic nitrogens is 2. The van der Waals surface area contributed by atoms with E-state index in [-0.39, 0.29) is 49.3 Å². The van der Waals surface area contributed by atoms with E-state index < -0.39 is 5.72 Å². The summed E-state index contributed by atoms with van der Waals surface area (Å²) in [6, 6.07) is 21.3. The molecule has 2 aromatic carbocycles. The number of aryl methyl sites for hydroxylation is 1. The summed E-state index contributed by atoms with van der Waals surface area (Å²) < 4.78 is 8.40. The Labute approximate surface area is 215 Å². The number of rotatable bonds is 6. The van der Waals surface area contributed by atoms with Gasteiger partial charge in [-0.25, -0.2) is 0 Å². The molecule has 1 aliphatic rings. The first-order chi connectivity index (χ1) is 14.5. The Hall–Kier alpha value is -1.60. The summed E-state index contributed by atoms with van der Waals surface area (Å²) in [7, 11) is 1.80. The molecule has 3 unspecified atom stereocenters. The van der Waals surface area contributed by atoms with Crippen molar-refractivity contribution in [3.05, 3.63) is 88.7 Å². The Morgan fingerprint density at radius 2 is 1.61 bits per heavy atom. The molecule has 1 aliphatic heterocycles. The molecular formula is C25H35Cl3N4O. The average Bonchev–Trinajstić information content (AvgIpc) is 3.06. The van der Waals surface area contributed by atoms with E-state index in [1.807, 2.05) is 6.07 Å². The summed E-state index contributed by atoms with van der Waals surface area (Å²) in [4.78, 5) is 0. The van der Waals surface area contributed by atoms with Gasteiger partial charge >= 0.3 is 0 Å². The topological polar surface area (TPSA) is 51.1 Å². The van der Waals surface area contributed by atoms with Crippen LogP contribution in [0.25, 0.3) is 0 Å². The fourth-order valence-corrected chi connectivity index (χ4v) is 4.59. The number of piperidine rings is 1. The summed E-state index contributed by atoms with van der Waals surface area (Å²) in [5.74, 6) is 0. The molecule has 0 saturated carbocycles. The van der Waals surface area contributed by atoms with Gasteiger partial charge in [0.15, 0.2) is 5.72 Å². The SMILES string of the molecule is COC1(c2ccccc2)NCC(n2nc(C)c(C)c2C)CC1NCc1ccccc1.Cl.Cl.Cl. The summed E-state index contributed by atoms with van der Waals surface area (Å²) >= 11 is 0. The molecule has 3 aromatic rings. The van der Waals surface area contributed by atoms with E-state index in [9.17, 15) is 0 Å². The highest BCUT2D eigenvalue weighted by Gasteiger charge is 2.46. The maximum Gasteiger partial charge on any atom is 0.160 e. The normalized spacial score (nSPS) is 21.9. The van der Waals surface area contributed by atoms with Gasteiger partial charge < -0.3 is 10.1 Å². The third-order valence-corrected chi connectivity index (χ3v) is 6.55. The zero-order chi connectivity index (χ0) is 21.1. The second kappa shape index (κ2) is 12.7. The Balaban J connectivity index is 0.00000181. The molecule has 1 saturated heterocycles. The van der Waals surface area contributed by atoms with Gasteiger partial charge in [-0.1, -0.05) is 60.7 Å². The van der Waals surface area contributed by atoms with Crippen molar-refractivity contribution >= 4 is 37.2 Å². The summed E-state index contributed by atoms with van der Waals surface area (Å²) in [5, 5.41) is 12.4. The molecule has 4 rings (SSSR count). The van der Waals surface area contributed by atoms with Gasteiger partial charge in [0.25, 0.3) is 0 Å². The van der Waals surface area contributed by atoms with Crippen molar-refractivity contribution in [3.63, 3.8) is 0 Å². The zero-order valence-electron chi connectivity index (χ0n) is 19.6. The Bertz CT molecular complexity index is 984. The highest BCUT2D eigenvalue weighted by Crippen LogP contribution is 2.36. The lowest BCUT2D eigenvalue weighted by Crippen LogP contribution is -2.63. The minimum atomic E-state index is -0.586. The van der Waals surface area contributed by atoms with E-state index in [1.165, 1.54) is 16.8 Å². The van der Waals surface area contributed by atoms with E-state index in [2.05, 4.69) is 90.7 Å². The molecule has 3 atom stereocenters. The predicted molar refractivity (Wildman–Crippen MR) is 142 cm³/mol. The second-order valence-corrected chi connectivity index (χ2v) is 8.24. The van der Waals surface area contributed by atoms with Crippen molar-refractivity contribution in [2.75, 3.05) is 13.7 Å². The van der Waals surface area contributed by atoms with Gasteiger partial charge in [0, 0.05) is 31.5 Å². The van der Waals surface area contributed by atoms with Crippen LogP contribution in [0.1, 0.15) is 40.5 Å². The maximum absolute atomic E-state index is 6.21. The third kappa shape index (κ3) is 5.91. The number of halogens is 3. The standard InChI is InChI=1S/C25H32N4O.3ClH/c1-18-19(2)28-29(20(18)3)23-15-24(26-16-21-11-7-5-8-12-21)25(30-4,27-17-23)22-13-9-6-10-14-22;;;/h5-14,23-24,26-27H,15-17H2,1-4H3;3*1H. The van der Waals surface area contributed by atoms with Crippen molar-refractivity contribution in [1.29, 1.82) is 0 Å². The summed E-state index contributed by atoms with van der Waals surface area (Å²) in [6.07, 6.45) is 0.921. The fraction of sp³-hybridized carbons (Fsp3) is 0.400. The van der Waals surface area contributed by atoms with Gasteiger partial charge in [0.2, 0.25) is 0 Å². The first-order valence-electron chi connectivity index (χ1n) is 10.7. The monoisotopic (exact) mass is 512 g/mol. The first kappa shape index (κ1) is 29.4. The Morgan fingerprint density at radius 1 is 1.00 bits per heavy atom. The lowest BCUT2D eigenvalue weighted by Gasteiger charge is -2.47. The van der Waals surface area contributed by atoms with Crippen LogP contribution >= 0.6 is 37.2 Å². The van der Waals surface area contributed by atoms with Crippen LogP contribution in [0.3, 0.4) is 0 Å². The Kier molecular flexibility index (Phi) is 11.4. The van der Waals surface area contributed by atoms with Gasteiger partial charge in [-0.05, 0) is 38.3 Å². The largest absolute Gasteiger partial charge is 0.358 e. The van der Waals surface area contributed by atoms with Gasteiger partial charge in [0.05, 0.1) is 17.8 Å². The van der Waals surface area contributed by atoms with Gasteiger partial charge in [-0.15, -0.1) is 37.2 Å². The number of nitrogens with zero attached hydrogens (tertiary/aromatic N) is 2. The number of methoxy groups -OCH3 is 1. The van der Waals surface area contributed by atoms with Crippen molar-refractivity contribution < 1.29 is 4.74 Å². The third-order valence-electron chi connectivity index (χ3n) is 6.55. The van der Waals surface area contributed by atoms with Crippen LogP contribution < -0.4 is 10.6 Å². The molecular weight excluding hydrogens is 479 g/mol. The number of hydrogen-bond donors (Lipinski definition) is 2. The van der Waals surface area contributed by atoms with E-state index in [0.29, 0.717) is 0 Å². The lowest BCUT2D eigenvalue weighted by atomic mass is 9.85. The molecule has 0 amide bonds. The molecule has 0 spiro atoms.